The molecular weight excluding hydrogens is 392 g/mol. The number of anilines is 2. The quantitative estimate of drug-likeness (QED) is 0.498. The summed E-state index contributed by atoms with van der Waals surface area (Å²) in [5, 5.41) is 11.3. The first-order valence-electron chi connectivity index (χ1n) is 8.86. The van der Waals surface area contributed by atoms with E-state index in [0.717, 1.165) is 10.9 Å². The van der Waals surface area contributed by atoms with E-state index >= 15 is 0 Å². The van der Waals surface area contributed by atoms with E-state index in [0.29, 0.717) is 35.4 Å². The first kappa shape index (κ1) is 18.7. The minimum Gasteiger partial charge on any atom is -0.489 e. The van der Waals surface area contributed by atoms with Gasteiger partial charge in [-0.1, -0.05) is 29.8 Å². The van der Waals surface area contributed by atoms with Gasteiger partial charge >= 0.3 is 6.03 Å². The highest BCUT2D eigenvalue weighted by molar-refractivity contribution is 6.31. The fourth-order valence-electron chi connectivity index (χ4n) is 2.81. The zero-order valence-electron chi connectivity index (χ0n) is 15.2. The van der Waals surface area contributed by atoms with Crippen molar-refractivity contribution in [2.24, 2.45) is 0 Å². The van der Waals surface area contributed by atoms with Crippen molar-refractivity contribution in [3.63, 3.8) is 0 Å². The number of amides is 2. The van der Waals surface area contributed by atoms with E-state index in [2.05, 4.69) is 25.7 Å². The maximum atomic E-state index is 12.2. The normalized spacial score (nSPS) is 10.7. The third kappa shape index (κ3) is 4.61. The van der Waals surface area contributed by atoms with Gasteiger partial charge in [0.1, 0.15) is 12.4 Å². The van der Waals surface area contributed by atoms with Crippen LogP contribution in [0.5, 0.6) is 5.75 Å². The molecule has 0 saturated carbocycles. The molecule has 9 heteroatoms. The summed E-state index contributed by atoms with van der Waals surface area (Å²) in [5.74, 6) is 0.834. The summed E-state index contributed by atoms with van der Waals surface area (Å²) in [6.07, 6.45) is 6.28. The lowest BCUT2D eigenvalue weighted by Gasteiger charge is -2.13. The molecular formula is C20H17ClN6O2. The second-order valence-electron chi connectivity index (χ2n) is 6.09. The average molecular weight is 409 g/mol. The van der Waals surface area contributed by atoms with Gasteiger partial charge in [0.05, 0.1) is 30.1 Å². The van der Waals surface area contributed by atoms with E-state index in [1.165, 1.54) is 18.6 Å². The minimum absolute atomic E-state index is 0.333. The van der Waals surface area contributed by atoms with E-state index in [4.69, 9.17) is 16.3 Å². The molecule has 0 spiro atoms. The number of carbonyl (C=O) groups excluding carboxylic acids is 1. The lowest BCUT2D eigenvalue weighted by molar-refractivity contribution is 0.261. The second-order valence-corrected chi connectivity index (χ2v) is 6.52. The number of rotatable bonds is 6. The van der Waals surface area contributed by atoms with Gasteiger partial charge in [-0.25, -0.2) is 9.78 Å². The fraction of sp³-hybridized carbons (Fsp3) is 0.100. The van der Waals surface area contributed by atoms with Crippen molar-refractivity contribution in [2.45, 2.75) is 6.54 Å². The lowest BCUT2D eigenvalue weighted by Crippen LogP contribution is -2.21. The van der Waals surface area contributed by atoms with E-state index in [1.54, 1.807) is 18.2 Å². The van der Waals surface area contributed by atoms with Crippen molar-refractivity contribution in [1.29, 1.82) is 0 Å². The van der Waals surface area contributed by atoms with Crippen LogP contribution in [0.2, 0.25) is 5.02 Å². The van der Waals surface area contributed by atoms with Gasteiger partial charge in [0, 0.05) is 22.8 Å². The standard InChI is InChI=1S/C20H17ClN6O2/c21-15-5-6-18(16(11-15)25-20(28)26-19-13-22-7-8-23-19)29-10-9-27-17-4-2-1-3-14(17)12-24-27/h1-8,11-13H,9-10H2,(H2,23,25,26,28). The molecule has 0 aliphatic carbocycles. The van der Waals surface area contributed by atoms with Gasteiger partial charge in [-0.3, -0.25) is 15.0 Å². The maximum absolute atomic E-state index is 12.2. The van der Waals surface area contributed by atoms with Crippen molar-refractivity contribution in [2.75, 3.05) is 17.2 Å². The molecule has 0 atom stereocenters. The highest BCUT2D eigenvalue weighted by atomic mass is 35.5. The number of carbonyl (C=O) groups is 1. The molecule has 0 aliphatic rings. The van der Waals surface area contributed by atoms with Gasteiger partial charge in [0.25, 0.3) is 0 Å². The van der Waals surface area contributed by atoms with Crippen LogP contribution in [-0.4, -0.2) is 32.4 Å². The Hall–Kier alpha value is -3.65. The van der Waals surface area contributed by atoms with E-state index in [9.17, 15) is 4.79 Å². The molecule has 4 rings (SSSR count). The number of para-hydroxylation sites is 1. The van der Waals surface area contributed by atoms with Crippen molar-refractivity contribution in [1.82, 2.24) is 19.7 Å². The SMILES string of the molecule is O=C(Nc1cnccn1)Nc1cc(Cl)ccc1OCCn1ncc2ccccc21. The van der Waals surface area contributed by atoms with Crippen molar-refractivity contribution in [3.05, 3.63) is 72.3 Å². The number of ether oxygens (including phenoxy) is 1. The van der Waals surface area contributed by atoms with Crippen molar-refractivity contribution < 1.29 is 9.53 Å². The van der Waals surface area contributed by atoms with Gasteiger partial charge in [-0.15, -0.1) is 0 Å². The zero-order valence-corrected chi connectivity index (χ0v) is 16.0. The Morgan fingerprint density at radius 3 is 2.86 bits per heavy atom. The minimum atomic E-state index is -0.476. The highest BCUT2D eigenvalue weighted by Gasteiger charge is 2.10. The van der Waals surface area contributed by atoms with E-state index in [-0.39, 0.29) is 0 Å². The number of hydrogen-bond donors (Lipinski definition) is 2. The molecule has 2 N–H and O–H groups in total. The molecule has 0 saturated heterocycles. The number of nitrogens with one attached hydrogen (secondary N) is 2. The second kappa shape index (κ2) is 8.57. The molecule has 0 radical (unpaired) electrons. The number of nitrogens with zero attached hydrogens (tertiary/aromatic N) is 4. The van der Waals surface area contributed by atoms with Gasteiger partial charge in [0.2, 0.25) is 0 Å². The molecule has 146 valence electrons. The maximum Gasteiger partial charge on any atom is 0.325 e. The number of benzene rings is 2. The number of fused-ring (bicyclic) bond motifs is 1. The van der Waals surface area contributed by atoms with Crippen LogP contribution in [0.4, 0.5) is 16.3 Å². The topological polar surface area (TPSA) is 94.0 Å². The summed E-state index contributed by atoms with van der Waals surface area (Å²) >= 11 is 6.08. The Balaban J connectivity index is 1.41. The summed E-state index contributed by atoms with van der Waals surface area (Å²) in [7, 11) is 0. The summed E-state index contributed by atoms with van der Waals surface area (Å²) in [5.41, 5.74) is 1.48. The Bertz CT molecular complexity index is 1130. The zero-order chi connectivity index (χ0) is 20.1. The molecule has 29 heavy (non-hydrogen) atoms. The third-order valence-corrected chi connectivity index (χ3v) is 4.34. The Morgan fingerprint density at radius 2 is 2.00 bits per heavy atom. The summed E-state index contributed by atoms with van der Waals surface area (Å²) in [6.45, 7) is 0.926. The summed E-state index contributed by atoms with van der Waals surface area (Å²) < 4.78 is 7.75. The van der Waals surface area contributed by atoms with Gasteiger partial charge in [-0.05, 0) is 24.3 Å². The summed E-state index contributed by atoms with van der Waals surface area (Å²) in [6, 6.07) is 12.5. The first-order valence-corrected chi connectivity index (χ1v) is 9.24. The number of hydrogen-bond acceptors (Lipinski definition) is 5. The Kier molecular flexibility index (Phi) is 5.53. The smallest absolute Gasteiger partial charge is 0.325 e. The molecule has 4 aromatic rings. The number of halogens is 1. The monoisotopic (exact) mass is 408 g/mol. The Morgan fingerprint density at radius 1 is 1.10 bits per heavy atom. The molecule has 0 unspecified atom stereocenters. The largest absolute Gasteiger partial charge is 0.489 e. The van der Waals surface area contributed by atoms with Gasteiger partial charge < -0.3 is 10.1 Å². The number of aromatic nitrogens is 4. The highest BCUT2D eigenvalue weighted by Crippen LogP contribution is 2.28. The van der Waals surface area contributed by atoms with Gasteiger partial charge in [-0.2, -0.15) is 5.10 Å². The first-order chi connectivity index (χ1) is 14.2. The molecule has 0 bridgehead atoms. The molecule has 8 nitrogen and oxygen atoms in total. The van der Waals surface area contributed by atoms with Crippen molar-refractivity contribution >= 4 is 40.0 Å². The molecule has 2 heterocycles. The van der Waals surface area contributed by atoms with Crippen LogP contribution in [0, 0.1) is 0 Å². The van der Waals surface area contributed by atoms with Crippen LogP contribution >= 0.6 is 11.6 Å². The molecule has 0 aliphatic heterocycles. The van der Waals surface area contributed by atoms with E-state index < -0.39 is 6.03 Å². The van der Waals surface area contributed by atoms with E-state index in [1.807, 2.05) is 35.1 Å². The Labute approximate surface area is 171 Å². The molecule has 2 amide bonds. The predicted molar refractivity (Wildman–Crippen MR) is 111 cm³/mol. The van der Waals surface area contributed by atoms with Crippen molar-refractivity contribution in [3.8, 4) is 5.75 Å². The number of urea groups is 1. The lowest BCUT2D eigenvalue weighted by atomic mass is 10.2. The predicted octanol–water partition coefficient (Wildman–Crippen LogP) is 4.20. The average Bonchev–Trinajstić information content (AvgIpc) is 3.13. The van der Waals surface area contributed by atoms with Crippen LogP contribution < -0.4 is 15.4 Å². The van der Waals surface area contributed by atoms with Crippen LogP contribution in [0.15, 0.2) is 67.3 Å². The van der Waals surface area contributed by atoms with Crippen LogP contribution in [0.25, 0.3) is 10.9 Å². The third-order valence-electron chi connectivity index (χ3n) is 4.11. The fourth-order valence-corrected chi connectivity index (χ4v) is 2.98. The molecule has 0 fully saturated rings. The van der Waals surface area contributed by atoms with Crippen LogP contribution in [0.1, 0.15) is 0 Å². The van der Waals surface area contributed by atoms with Gasteiger partial charge in [0.15, 0.2) is 5.82 Å². The summed E-state index contributed by atoms with van der Waals surface area (Å²) in [4.78, 5) is 20.2. The van der Waals surface area contributed by atoms with Crippen LogP contribution in [-0.2, 0) is 6.54 Å². The van der Waals surface area contributed by atoms with Crippen LogP contribution in [0.3, 0.4) is 0 Å². The molecule has 2 aromatic carbocycles. The molecule has 2 aromatic heterocycles.